The molecule has 0 fully saturated rings. The summed E-state index contributed by atoms with van der Waals surface area (Å²) >= 11 is 0. The van der Waals surface area contributed by atoms with Crippen molar-refractivity contribution in [1.29, 1.82) is 0 Å². The molecule has 0 saturated carbocycles. The van der Waals surface area contributed by atoms with E-state index in [2.05, 4.69) is 5.23 Å². The molecular weight excluding hydrogens is 173 g/mol. The van der Waals surface area contributed by atoms with Gasteiger partial charge in [0.2, 0.25) is 0 Å². The van der Waals surface area contributed by atoms with E-state index in [4.69, 9.17) is 7.98 Å². The van der Waals surface area contributed by atoms with Crippen LogP contribution >= 0.6 is 0 Å². The Morgan fingerprint density at radius 1 is 1.50 bits per heavy atom. The lowest BCUT2D eigenvalue weighted by Crippen LogP contribution is -2.22. The summed E-state index contributed by atoms with van der Waals surface area (Å²) in [7, 11) is 5.47. The fraction of sp³-hybridized carbons (Fsp3) is 0.364. The zero-order chi connectivity index (χ0) is 9.97. The first-order valence-corrected chi connectivity index (χ1v) is 4.89. The maximum atomic E-state index is 10.6. The molecule has 2 radical (unpaired) electrons. The summed E-state index contributed by atoms with van der Waals surface area (Å²) in [6.07, 6.45) is 4.14. The summed E-state index contributed by atoms with van der Waals surface area (Å²) in [5, 5.41) is 2.81. The van der Waals surface area contributed by atoms with Gasteiger partial charge >= 0.3 is 0 Å². The molecule has 0 amide bonds. The number of aldehydes is 1. The zero-order valence-electron chi connectivity index (χ0n) is 7.99. The molecule has 1 aromatic carbocycles. The number of hydrogen-bond acceptors (Lipinski definition) is 2. The Morgan fingerprint density at radius 3 is 3.07 bits per heavy atom. The van der Waals surface area contributed by atoms with Crippen LogP contribution in [0.5, 0.6) is 0 Å². The molecule has 70 valence electrons. The molecule has 0 unspecified atom stereocenters. The maximum absolute atomic E-state index is 10.6. The summed E-state index contributed by atoms with van der Waals surface area (Å²) in [6.45, 7) is 0. The van der Waals surface area contributed by atoms with Crippen LogP contribution in [0.4, 0.5) is 0 Å². The molecule has 0 bridgehead atoms. The smallest absolute Gasteiger partial charge is 0.178 e. The molecule has 0 saturated heterocycles. The maximum Gasteiger partial charge on any atom is 0.178 e. The minimum Gasteiger partial charge on any atom is -0.360 e. The topological polar surface area (TPSA) is 29.1 Å². The van der Waals surface area contributed by atoms with Crippen molar-refractivity contribution >= 4 is 14.3 Å². The standard InChI is InChI=1S/C11H12BNO/c12-13-11-3-1-2-9-6-8(7-14)4-5-10(9)11/h4-7,11,13H,1-3H2/t11-/m0/s1. The van der Waals surface area contributed by atoms with Crippen LogP contribution in [-0.4, -0.2) is 14.3 Å². The van der Waals surface area contributed by atoms with Gasteiger partial charge in [-0.1, -0.05) is 12.1 Å². The molecule has 3 heteroatoms. The van der Waals surface area contributed by atoms with Crippen molar-refractivity contribution in [3.8, 4) is 0 Å². The van der Waals surface area contributed by atoms with Crippen LogP contribution in [0.2, 0.25) is 0 Å². The predicted octanol–water partition coefficient (Wildman–Crippen LogP) is 1.55. The highest BCUT2D eigenvalue weighted by molar-refractivity contribution is 6.04. The van der Waals surface area contributed by atoms with Gasteiger partial charge in [0.05, 0.1) is 0 Å². The van der Waals surface area contributed by atoms with Crippen LogP contribution in [0.3, 0.4) is 0 Å². The van der Waals surface area contributed by atoms with Gasteiger partial charge in [0.25, 0.3) is 0 Å². The average molecular weight is 185 g/mol. The minimum absolute atomic E-state index is 0.249. The van der Waals surface area contributed by atoms with Crippen LogP contribution in [0.25, 0.3) is 0 Å². The first-order chi connectivity index (χ1) is 6.85. The second kappa shape index (κ2) is 3.97. The van der Waals surface area contributed by atoms with Crippen molar-refractivity contribution in [2.45, 2.75) is 25.3 Å². The number of benzene rings is 1. The first-order valence-electron chi connectivity index (χ1n) is 4.89. The van der Waals surface area contributed by atoms with Crippen molar-refractivity contribution in [3.63, 3.8) is 0 Å². The van der Waals surface area contributed by atoms with Gasteiger partial charge in [-0.25, -0.2) is 0 Å². The van der Waals surface area contributed by atoms with Crippen LogP contribution in [-0.2, 0) is 6.42 Å². The van der Waals surface area contributed by atoms with E-state index in [1.165, 1.54) is 11.1 Å². The van der Waals surface area contributed by atoms with Crippen LogP contribution < -0.4 is 5.23 Å². The van der Waals surface area contributed by atoms with Gasteiger partial charge in [0, 0.05) is 11.6 Å². The molecule has 0 aromatic heterocycles. The van der Waals surface area contributed by atoms with Crippen molar-refractivity contribution in [2.24, 2.45) is 0 Å². The normalized spacial score (nSPS) is 20.1. The highest BCUT2D eigenvalue weighted by Crippen LogP contribution is 2.29. The van der Waals surface area contributed by atoms with Gasteiger partial charge in [-0.05, 0) is 36.5 Å². The SMILES string of the molecule is [B]N[C@H]1CCCc2cc(C=O)ccc21. The van der Waals surface area contributed by atoms with Gasteiger partial charge in [-0.3, -0.25) is 4.79 Å². The Balaban J connectivity index is 2.40. The van der Waals surface area contributed by atoms with E-state index in [-0.39, 0.29) is 6.04 Å². The monoisotopic (exact) mass is 185 g/mol. The van der Waals surface area contributed by atoms with Crippen molar-refractivity contribution in [3.05, 3.63) is 34.9 Å². The third-order valence-electron chi connectivity index (χ3n) is 2.82. The second-order valence-electron chi connectivity index (χ2n) is 3.69. The van der Waals surface area contributed by atoms with E-state index < -0.39 is 0 Å². The van der Waals surface area contributed by atoms with Crippen LogP contribution in [0.1, 0.15) is 40.4 Å². The Morgan fingerprint density at radius 2 is 2.36 bits per heavy atom. The number of rotatable bonds is 2. The molecule has 2 rings (SSSR count). The molecule has 2 nitrogen and oxygen atoms in total. The van der Waals surface area contributed by atoms with Gasteiger partial charge < -0.3 is 5.23 Å². The minimum atomic E-state index is 0.249. The number of hydrogen-bond donors (Lipinski definition) is 1. The van der Waals surface area contributed by atoms with E-state index >= 15 is 0 Å². The van der Waals surface area contributed by atoms with Crippen LogP contribution in [0.15, 0.2) is 18.2 Å². The number of carbonyl (C=O) groups excluding carboxylic acids is 1. The van der Waals surface area contributed by atoms with E-state index in [1.54, 1.807) is 0 Å². The van der Waals surface area contributed by atoms with Crippen molar-refractivity contribution in [1.82, 2.24) is 5.23 Å². The Kier molecular flexibility index (Phi) is 2.68. The van der Waals surface area contributed by atoms with Crippen molar-refractivity contribution < 1.29 is 4.79 Å². The number of carbonyl (C=O) groups is 1. The molecular formula is C11H12BNO. The van der Waals surface area contributed by atoms with Crippen molar-refractivity contribution in [2.75, 3.05) is 0 Å². The summed E-state index contributed by atoms with van der Waals surface area (Å²) in [5.74, 6) is 0. The van der Waals surface area contributed by atoms with E-state index in [9.17, 15) is 4.79 Å². The van der Waals surface area contributed by atoms with Gasteiger partial charge in [0.1, 0.15) is 6.29 Å². The van der Waals surface area contributed by atoms with E-state index in [0.29, 0.717) is 0 Å². The second-order valence-corrected chi connectivity index (χ2v) is 3.69. The highest BCUT2D eigenvalue weighted by Gasteiger charge is 2.17. The van der Waals surface area contributed by atoms with Crippen LogP contribution in [0, 0.1) is 0 Å². The molecule has 14 heavy (non-hydrogen) atoms. The first kappa shape index (κ1) is 9.47. The molecule has 1 aromatic rings. The lowest BCUT2D eigenvalue weighted by Gasteiger charge is -2.25. The predicted molar refractivity (Wildman–Crippen MR) is 56.4 cm³/mol. The molecule has 0 heterocycles. The van der Waals surface area contributed by atoms with E-state index in [1.807, 2.05) is 18.2 Å². The number of fused-ring (bicyclic) bond motifs is 1. The lowest BCUT2D eigenvalue weighted by atomic mass is 9.86. The molecule has 1 atom stereocenters. The molecule has 1 aliphatic carbocycles. The quantitative estimate of drug-likeness (QED) is 0.559. The fourth-order valence-corrected chi connectivity index (χ4v) is 2.08. The Bertz CT molecular complexity index is 351. The lowest BCUT2D eigenvalue weighted by molar-refractivity contribution is 0.112. The zero-order valence-corrected chi connectivity index (χ0v) is 7.99. The van der Waals surface area contributed by atoms with Gasteiger partial charge in [0.15, 0.2) is 7.98 Å². The highest BCUT2D eigenvalue weighted by atomic mass is 16.1. The Labute approximate surface area is 85.1 Å². The number of nitrogens with one attached hydrogen (secondary N) is 1. The fourth-order valence-electron chi connectivity index (χ4n) is 2.08. The van der Waals surface area contributed by atoms with E-state index in [0.717, 1.165) is 31.1 Å². The number of aryl methyl sites for hydroxylation is 1. The summed E-state index contributed by atoms with van der Waals surface area (Å²) < 4.78 is 0. The summed E-state index contributed by atoms with van der Waals surface area (Å²) in [4.78, 5) is 10.6. The third-order valence-corrected chi connectivity index (χ3v) is 2.82. The van der Waals surface area contributed by atoms with Gasteiger partial charge in [-0.2, -0.15) is 0 Å². The molecule has 1 N–H and O–H groups in total. The molecule has 0 spiro atoms. The average Bonchev–Trinajstić information content (AvgIpc) is 2.27. The Hall–Kier alpha value is -1.09. The third kappa shape index (κ3) is 1.60. The molecule has 0 aliphatic heterocycles. The summed E-state index contributed by atoms with van der Waals surface area (Å²) in [5.41, 5.74) is 3.24. The molecule has 1 aliphatic rings. The van der Waals surface area contributed by atoms with Gasteiger partial charge in [-0.15, -0.1) is 0 Å². The summed E-state index contributed by atoms with van der Waals surface area (Å²) in [6, 6.07) is 6.07. The largest absolute Gasteiger partial charge is 0.360 e.